The summed E-state index contributed by atoms with van der Waals surface area (Å²) in [5, 5.41) is 10.6. The lowest BCUT2D eigenvalue weighted by Crippen LogP contribution is -2.66. The van der Waals surface area contributed by atoms with Crippen LogP contribution in [0.5, 0.6) is 5.75 Å². The molecule has 3 fully saturated rings. The molecule has 2 saturated carbocycles. The summed E-state index contributed by atoms with van der Waals surface area (Å²) in [7, 11) is 1.67. The second kappa shape index (κ2) is 15.1. The zero-order valence-electron chi connectivity index (χ0n) is 30.4. The number of amides is 2. The van der Waals surface area contributed by atoms with Crippen molar-refractivity contribution in [2.75, 3.05) is 31.6 Å². The molecule has 0 bridgehead atoms. The average Bonchev–Trinajstić information content (AvgIpc) is 3.61. The van der Waals surface area contributed by atoms with Crippen LogP contribution in [0.3, 0.4) is 0 Å². The van der Waals surface area contributed by atoms with Crippen molar-refractivity contribution >= 4 is 17.8 Å². The van der Waals surface area contributed by atoms with E-state index in [0.29, 0.717) is 68.9 Å². The molecule has 0 atom stereocenters. The van der Waals surface area contributed by atoms with Gasteiger partial charge in [-0.3, -0.25) is 14.7 Å². The summed E-state index contributed by atoms with van der Waals surface area (Å²) in [4.78, 5) is 44.9. The Morgan fingerprint density at radius 3 is 2.36 bits per heavy atom. The fraction of sp³-hybridized carbons (Fsp3) is 0.615. The van der Waals surface area contributed by atoms with Crippen molar-refractivity contribution in [2.45, 2.75) is 110 Å². The maximum Gasteiger partial charge on any atom is 0.410 e. The van der Waals surface area contributed by atoms with Gasteiger partial charge in [0.05, 0.1) is 25.9 Å². The topological polar surface area (TPSA) is 131 Å². The molecule has 0 radical (unpaired) electrons. The maximum atomic E-state index is 14.4. The number of rotatable bonds is 10. The molecule has 4 heterocycles. The lowest BCUT2D eigenvalue weighted by molar-refractivity contribution is -0.126. The van der Waals surface area contributed by atoms with Crippen molar-refractivity contribution in [3.05, 3.63) is 54.0 Å². The number of ether oxygens (including phenoxy) is 2. The van der Waals surface area contributed by atoms with E-state index in [1.54, 1.807) is 24.5 Å². The first-order chi connectivity index (χ1) is 23.9. The Hall–Kier alpha value is -3.99. The third-order valence-electron chi connectivity index (χ3n) is 11.1. The van der Waals surface area contributed by atoms with Crippen LogP contribution >= 0.6 is 0 Å². The highest BCUT2D eigenvalue weighted by Gasteiger charge is 2.47. The number of likely N-dealkylation sites (tertiary alicyclic amines) is 1. The predicted octanol–water partition coefficient (Wildman–Crippen LogP) is 7.28. The highest BCUT2D eigenvalue weighted by Crippen LogP contribution is 2.38. The third kappa shape index (κ3) is 7.82. The molecule has 0 aromatic carbocycles. The van der Waals surface area contributed by atoms with E-state index in [4.69, 9.17) is 23.9 Å². The molecule has 3 aliphatic rings. The normalized spacial score (nSPS) is 23.4. The number of carbonyl (C=O) groups excluding carboxylic acids is 2. The molecule has 1 saturated heterocycles. The van der Waals surface area contributed by atoms with Gasteiger partial charge in [0.25, 0.3) is 0 Å². The smallest absolute Gasteiger partial charge is 0.410 e. The lowest BCUT2D eigenvalue weighted by atomic mass is 9.79. The molecule has 1 aliphatic heterocycles. The van der Waals surface area contributed by atoms with Gasteiger partial charge in [-0.1, -0.05) is 27.7 Å². The number of hydrogen-bond donors (Lipinski definition) is 1. The molecule has 2 aliphatic carbocycles. The molecule has 3 aromatic rings. The van der Waals surface area contributed by atoms with Gasteiger partial charge in [-0.15, -0.1) is 0 Å². The highest BCUT2D eigenvalue weighted by atomic mass is 16.6. The summed E-state index contributed by atoms with van der Waals surface area (Å²) >= 11 is 0. The van der Waals surface area contributed by atoms with E-state index in [1.807, 2.05) is 57.7 Å². The SMILES string of the molecule is COc1ccc(C2CCC(CN(C(=O)C3CCC(OC(=O)N4CC(O)(C(C)C)C4)CC3)c3cc(-c4coc(C(C)C)n4)ccn3)CC2)nc1C. The van der Waals surface area contributed by atoms with E-state index >= 15 is 0 Å². The largest absolute Gasteiger partial charge is 0.495 e. The summed E-state index contributed by atoms with van der Waals surface area (Å²) in [6.45, 7) is 11.2. The summed E-state index contributed by atoms with van der Waals surface area (Å²) in [5.74, 6) is 2.94. The summed E-state index contributed by atoms with van der Waals surface area (Å²) in [6, 6.07) is 7.95. The van der Waals surface area contributed by atoms with Gasteiger partial charge in [0.1, 0.15) is 35.2 Å². The van der Waals surface area contributed by atoms with Crippen molar-refractivity contribution in [3.63, 3.8) is 0 Å². The number of β-amino-alcohol motifs (C(OH)–C–C–N with tert-alkyl or cyclic N) is 1. The minimum atomic E-state index is -0.840. The van der Waals surface area contributed by atoms with Crippen LogP contribution in [0.25, 0.3) is 11.3 Å². The van der Waals surface area contributed by atoms with E-state index in [0.717, 1.165) is 54.1 Å². The van der Waals surface area contributed by atoms with Crippen LogP contribution in [0.15, 0.2) is 41.1 Å². The van der Waals surface area contributed by atoms with E-state index in [1.165, 1.54) is 0 Å². The second-order valence-corrected chi connectivity index (χ2v) is 15.3. The van der Waals surface area contributed by atoms with Crippen molar-refractivity contribution in [3.8, 4) is 17.0 Å². The predicted molar refractivity (Wildman–Crippen MR) is 190 cm³/mol. The monoisotopic (exact) mass is 687 g/mol. The summed E-state index contributed by atoms with van der Waals surface area (Å²) in [6.07, 6.45) is 9.34. The second-order valence-electron chi connectivity index (χ2n) is 15.3. The van der Waals surface area contributed by atoms with Gasteiger partial charge >= 0.3 is 6.09 Å². The Labute approximate surface area is 295 Å². The fourth-order valence-electron chi connectivity index (χ4n) is 7.59. The van der Waals surface area contributed by atoms with Crippen LogP contribution < -0.4 is 9.64 Å². The van der Waals surface area contributed by atoms with Crippen LogP contribution in [0, 0.1) is 24.7 Å². The van der Waals surface area contributed by atoms with E-state index in [-0.39, 0.29) is 35.9 Å². The van der Waals surface area contributed by atoms with Crippen molar-refractivity contribution in [1.82, 2.24) is 19.9 Å². The molecule has 1 N–H and O–H groups in total. The molecular formula is C39H53N5O6. The van der Waals surface area contributed by atoms with E-state index in [2.05, 4.69) is 11.1 Å². The number of anilines is 1. The molecule has 50 heavy (non-hydrogen) atoms. The standard InChI is InChI=1S/C39H53N5O6/c1-24(2)36-42-33(21-49-36)30-17-18-40-35(19-30)44(20-27-7-9-28(10-8-27)32-15-16-34(48-6)26(5)41-32)37(45)29-11-13-31(14-12-29)50-38(46)43-22-39(47,23-43)25(3)4/h15-19,21,24-25,27-29,31,47H,7-14,20,22-23H2,1-6H3. The van der Waals surface area contributed by atoms with Gasteiger partial charge in [0, 0.05) is 41.8 Å². The van der Waals surface area contributed by atoms with Crippen LogP contribution in [0.4, 0.5) is 10.6 Å². The Balaban J connectivity index is 1.13. The zero-order chi connectivity index (χ0) is 35.6. The summed E-state index contributed by atoms with van der Waals surface area (Å²) in [5.41, 5.74) is 2.76. The van der Waals surface area contributed by atoms with Gasteiger partial charge in [-0.2, -0.15) is 0 Å². The molecule has 0 spiro atoms. The molecule has 6 rings (SSSR count). The van der Waals surface area contributed by atoms with E-state index < -0.39 is 5.60 Å². The first-order valence-corrected chi connectivity index (χ1v) is 18.4. The number of aryl methyl sites for hydroxylation is 1. The van der Waals surface area contributed by atoms with Crippen LogP contribution in [0.1, 0.15) is 108 Å². The number of hydrogen-bond acceptors (Lipinski definition) is 9. The highest BCUT2D eigenvalue weighted by molar-refractivity contribution is 5.94. The van der Waals surface area contributed by atoms with Crippen molar-refractivity contribution in [2.24, 2.45) is 17.8 Å². The Bertz CT molecular complexity index is 1630. The molecular weight excluding hydrogens is 634 g/mol. The van der Waals surface area contributed by atoms with Gasteiger partial charge in [-0.05, 0) is 94.4 Å². The van der Waals surface area contributed by atoms with Crippen LogP contribution in [-0.4, -0.2) is 75.4 Å². The third-order valence-corrected chi connectivity index (χ3v) is 11.1. The number of nitrogens with zero attached hydrogens (tertiary/aromatic N) is 5. The molecule has 0 unspecified atom stereocenters. The minimum Gasteiger partial charge on any atom is -0.495 e. The number of aliphatic hydroxyl groups is 1. The molecule has 11 heteroatoms. The van der Waals surface area contributed by atoms with Gasteiger partial charge in [0.2, 0.25) is 5.91 Å². The maximum absolute atomic E-state index is 14.4. The Morgan fingerprint density at radius 1 is 1.02 bits per heavy atom. The van der Waals surface area contributed by atoms with Crippen LogP contribution in [0.2, 0.25) is 0 Å². The number of carbonyl (C=O) groups is 2. The number of aromatic nitrogens is 3. The van der Waals surface area contributed by atoms with Crippen molar-refractivity contribution < 1.29 is 28.6 Å². The van der Waals surface area contributed by atoms with Gasteiger partial charge in [0.15, 0.2) is 5.89 Å². The average molecular weight is 688 g/mol. The lowest BCUT2D eigenvalue weighted by Gasteiger charge is -2.48. The molecule has 11 nitrogen and oxygen atoms in total. The molecule has 2 amide bonds. The van der Waals surface area contributed by atoms with Crippen LogP contribution in [-0.2, 0) is 9.53 Å². The molecule has 270 valence electrons. The Kier molecular flexibility index (Phi) is 10.8. The van der Waals surface area contributed by atoms with Gasteiger partial charge in [-0.25, -0.2) is 14.8 Å². The number of pyridine rings is 2. The quantitative estimate of drug-likeness (QED) is 0.234. The van der Waals surface area contributed by atoms with Gasteiger partial charge < -0.3 is 23.9 Å². The zero-order valence-corrected chi connectivity index (χ0v) is 30.4. The molecule has 3 aromatic heterocycles. The minimum absolute atomic E-state index is 0.0711. The Morgan fingerprint density at radius 2 is 1.74 bits per heavy atom. The number of oxazole rings is 1. The number of methoxy groups -OCH3 is 1. The fourth-order valence-corrected chi connectivity index (χ4v) is 7.59. The first-order valence-electron chi connectivity index (χ1n) is 18.4. The van der Waals surface area contributed by atoms with E-state index in [9.17, 15) is 14.7 Å². The first kappa shape index (κ1) is 35.8. The van der Waals surface area contributed by atoms with Crippen molar-refractivity contribution in [1.29, 1.82) is 0 Å². The summed E-state index contributed by atoms with van der Waals surface area (Å²) < 4.78 is 17.0.